The van der Waals surface area contributed by atoms with Crippen LogP contribution in [0.15, 0.2) is 46.3 Å². The van der Waals surface area contributed by atoms with Gasteiger partial charge >= 0.3 is 5.97 Å². The number of rotatable bonds is 4. The van der Waals surface area contributed by atoms with Gasteiger partial charge in [-0.2, -0.15) is 0 Å². The number of methoxy groups -OCH3 is 1. The van der Waals surface area contributed by atoms with Crippen LogP contribution in [0.25, 0.3) is 6.08 Å². The maximum atomic E-state index is 11.8. The molecular formula is C16H17NO4. The van der Waals surface area contributed by atoms with E-state index in [9.17, 15) is 9.90 Å². The van der Waals surface area contributed by atoms with Crippen LogP contribution >= 0.6 is 0 Å². The number of carbonyl (C=O) groups excluding carboxylic acids is 1. The van der Waals surface area contributed by atoms with Crippen molar-refractivity contribution in [1.29, 1.82) is 0 Å². The highest BCUT2D eigenvalue weighted by Crippen LogP contribution is 2.27. The number of aliphatic imine (C=N–C) groups is 1. The maximum absolute atomic E-state index is 11.8. The summed E-state index contributed by atoms with van der Waals surface area (Å²) < 4.78 is 10.1. The second-order valence-electron chi connectivity index (χ2n) is 4.45. The molecule has 5 heteroatoms. The highest BCUT2D eigenvalue weighted by atomic mass is 16.5. The van der Waals surface area contributed by atoms with E-state index in [1.54, 1.807) is 27.0 Å². The zero-order chi connectivity index (χ0) is 15.4. The van der Waals surface area contributed by atoms with Crippen molar-refractivity contribution in [3.05, 3.63) is 46.9 Å². The van der Waals surface area contributed by atoms with E-state index in [2.05, 4.69) is 4.99 Å². The fourth-order valence-corrected chi connectivity index (χ4v) is 2.03. The number of aliphatic hydroxyl groups excluding tert-OH is 1. The fraction of sp³-hybridized carbons (Fsp3) is 0.250. The van der Waals surface area contributed by atoms with Gasteiger partial charge in [-0.3, -0.25) is 0 Å². The van der Waals surface area contributed by atoms with Crippen LogP contribution in [-0.4, -0.2) is 30.5 Å². The van der Waals surface area contributed by atoms with Crippen LogP contribution in [0.1, 0.15) is 19.4 Å². The second kappa shape index (κ2) is 6.26. The molecule has 0 bridgehead atoms. The first kappa shape index (κ1) is 14.8. The van der Waals surface area contributed by atoms with Crippen LogP contribution in [0.3, 0.4) is 0 Å². The standard InChI is InChI=1S/C16H17NO4/c1-4-21-16(19)14-10(2)17-13(15(14)18)9-11-6-5-7-12(8-11)20-3/h5-9,18H,4H2,1-3H3/b13-9+. The quantitative estimate of drug-likeness (QED) is 0.865. The minimum atomic E-state index is -0.565. The Balaban J connectivity index is 2.37. The van der Waals surface area contributed by atoms with Gasteiger partial charge in [0, 0.05) is 0 Å². The number of carbonyl (C=O) groups is 1. The van der Waals surface area contributed by atoms with E-state index in [4.69, 9.17) is 9.47 Å². The molecule has 1 heterocycles. The number of ether oxygens (including phenoxy) is 2. The van der Waals surface area contributed by atoms with Crippen molar-refractivity contribution >= 4 is 17.8 Å². The van der Waals surface area contributed by atoms with E-state index in [1.807, 2.05) is 24.3 Å². The molecule has 0 spiro atoms. The van der Waals surface area contributed by atoms with E-state index in [0.717, 1.165) is 5.56 Å². The normalized spacial score (nSPS) is 16.1. The Morgan fingerprint density at radius 3 is 2.86 bits per heavy atom. The van der Waals surface area contributed by atoms with Crippen molar-refractivity contribution in [2.45, 2.75) is 13.8 Å². The topological polar surface area (TPSA) is 68.1 Å². The number of hydrogen-bond donors (Lipinski definition) is 1. The molecule has 1 aromatic rings. The van der Waals surface area contributed by atoms with E-state index >= 15 is 0 Å². The summed E-state index contributed by atoms with van der Waals surface area (Å²) in [7, 11) is 1.58. The van der Waals surface area contributed by atoms with Crippen molar-refractivity contribution in [1.82, 2.24) is 0 Å². The van der Waals surface area contributed by atoms with Crippen LogP contribution in [0.4, 0.5) is 0 Å². The monoisotopic (exact) mass is 287 g/mol. The van der Waals surface area contributed by atoms with Gasteiger partial charge in [0.05, 0.1) is 19.4 Å². The Hall–Kier alpha value is -2.56. The molecule has 2 rings (SSSR count). The van der Waals surface area contributed by atoms with Crippen molar-refractivity contribution in [2.24, 2.45) is 4.99 Å². The average molecular weight is 287 g/mol. The van der Waals surface area contributed by atoms with Gasteiger partial charge in [-0.05, 0) is 37.6 Å². The molecule has 0 unspecified atom stereocenters. The Kier molecular flexibility index (Phi) is 4.42. The molecule has 0 radical (unpaired) electrons. The number of benzene rings is 1. The Morgan fingerprint density at radius 2 is 2.19 bits per heavy atom. The average Bonchev–Trinajstić information content (AvgIpc) is 2.74. The number of esters is 1. The summed E-state index contributed by atoms with van der Waals surface area (Å²) in [5.41, 5.74) is 1.72. The third-order valence-electron chi connectivity index (χ3n) is 3.01. The van der Waals surface area contributed by atoms with Gasteiger partial charge in [-0.25, -0.2) is 9.79 Å². The summed E-state index contributed by atoms with van der Waals surface area (Å²) in [6.07, 6.45) is 1.69. The first-order valence-electron chi connectivity index (χ1n) is 6.59. The Morgan fingerprint density at radius 1 is 1.43 bits per heavy atom. The largest absolute Gasteiger partial charge is 0.505 e. The van der Waals surface area contributed by atoms with E-state index < -0.39 is 5.97 Å². The molecule has 1 N–H and O–H groups in total. The van der Waals surface area contributed by atoms with Gasteiger partial charge in [0.25, 0.3) is 0 Å². The third kappa shape index (κ3) is 3.13. The zero-order valence-electron chi connectivity index (χ0n) is 12.2. The van der Waals surface area contributed by atoms with Gasteiger partial charge in [-0.1, -0.05) is 12.1 Å². The molecule has 0 saturated carbocycles. The lowest BCUT2D eigenvalue weighted by atomic mass is 10.1. The van der Waals surface area contributed by atoms with E-state index in [0.29, 0.717) is 17.2 Å². The molecule has 0 aromatic heterocycles. The summed E-state index contributed by atoms with van der Waals surface area (Å²) in [4.78, 5) is 16.0. The van der Waals surface area contributed by atoms with Crippen molar-refractivity contribution < 1.29 is 19.4 Å². The Bertz CT molecular complexity index is 656. The van der Waals surface area contributed by atoms with E-state index in [-0.39, 0.29) is 17.9 Å². The van der Waals surface area contributed by atoms with Gasteiger partial charge in [0.1, 0.15) is 17.0 Å². The summed E-state index contributed by atoms with van der Waals surface area (Å²) in [6, 6.07) is 7.33. The molecule has 0 atom stereocenters. The smallest absolute Gasteiger partial charge is 0.343 e. The molecule has 0 aliphatic carbocycles. The molecule has 0 fully saturated rings. The highest BCUT2D eigenvalue weighted by Gasteiger charge is 2.27. The summed E-state index contributed by atoms with van der Waals surface area (Å²) >= 11 is 0. The summed E-state index contributed by atoms with van der Waals surface area (Å²) in [5, 5.41) is 10.2. The molecule has 110 valence electrons. The first-order chi connectivity index (χ1) is 10.1. The van der Waals surface area contributed by atoms with Gasteiger partial charge in [0.2, 0.25) is 0 Å². The van der Waals surface area contributed by atoms with Crippen LogP contribution in [0, 0.1) is 0 Å². The first-order valence-corrected chi connectivity index (χ1v) is 6.59. The molecular weight excluding hydrogens is 270 g/mol. The molecule has 1 aliphatic rings. The molecule has 0 saturated heterocycles. The predicted octanol–water partition coefficient (Wildman–Crippen LogP) is 2.89. The van der Waals surface area contributed by atoms with Crippen LogP contribution in [0.5, 0.6) is 5.75 Å². The van der Waals surface area contributed by atoms with Crippen LogP contribution < -0.4 is 4.74 Å². The molecule has 1 aromatic carbocycles. The van der Waals surface area contributed by atoms with Gasteiger partial charge in [0.15, 0.2) is 5.76 Å². The maximum Gasteiger partial charge on any atom is 0.343 e. The van der Waals surface area contributed by atoms with Crippen LogP contribution in [0.2, 0.25) is 0 Å². The van der Waals surface area contributed by atoms with Gasteiger partial charge < -0.3 is 14.6 Å². The predicted molar refractivity (Wildman–Crippen MR) is 80.4 cm³/mol. The second-order valence-corrected chi connectivity index (χ2v) is 4.45. The molecule has 21 heavy (non-hydrogen) atoms. The zero-order valence-corrected chi connectivity index (χ0v) is 12.2. The molecule has 5 nitrogen and oxygen atoms in total. The lowest BCUT2D eigenvalue weighted by Gasteiger charge is -2.03. The highest BCUT2D eigenvalue weighted by molar-refractivity contribution is 6.22. The molecule has 1 aliphatic heterocycles. The van der Waals surface area contributed by atoms with Crippen molar-refractivity contribution in [3.8, 4) is 5.75 Å². The minimum absolute atomic E-state index is 0.117. The number of nitrogens with zero attached hydrogens (tertiary/aromatic N) is 1. The SMILES string of the molecule is CCOC(=O)C1=C(O)/C(=C\c2cccc(OC)c2)N=C1C. The van der Waals surface area contributed by atoms with Crippen molar-refractivity contribution in [3.63, 3.8) is 0 Å². The third-order valence-corrected chi connectivity index (χ3v) is 3.01. The lowest BCUT2D eigenvalue weighted by molar-refractivity contribution is -0.138. The fourth-order valence-electron chi connectivity index (χ4n) is 2.03. The van der Waals surface area contributed by atoms with Gasteiger partial charge in [-0.15, -0.1) is 0 Å². The molecule has 0 amide bonds. The summed E-state index contributed by atoms with van der Waals surface area (Å²) in [6.45, 7) is 3.62. The lowest BCUT2D eigenvalue weighted by Crippen LogP contribution is -2.13. The van der Waals surface area contributed by atoms with Crippen LogP contribution in [-0.2, 0) is 9.53 Å². The number of aliphatic hydroxyl groups is 1. The van der Waals surface area contributed by atoms with Crippen molar-refractivity contribution in [2.75, 3.05) is 13.7 Å². The number of hydrogen-bond acceptors (Lipinski definition) is 5. The Labute approximate surface area is 123 Å². The minimum Gasteiger partial charge on any atom is -0.505 e. The summed E-state index contributed by atoms with van der Waals surface area (Å²) in [5.74, 6) is -0.0174. The van der Waals surface area contributed by atoms with E-state index in [1.165, 1.54) is 0 Å².